The quantitative estimate of drug-likeness (QED) is 0.909. The lowest BCUT2D eigenvalue weighted by Crippen LogP contribution is -2.23. The molecule has 2 nitrogen and oxygen atoms in total. The molecule has 0 aliphatic rings. The van der Waals surface area contributed by atoms with Gasteiger partial charge in [-0.2, -0.15) is 0 Å². The van der Waals surface area contributed by atoms with Crippen LogP contribution in [0.15, 0.2) is 54.6 Å². The number of hydrogen-bond acceptors (Lipinski definition) is 2. The maximum atomic E-state index is 5.84. The number of rotatable bonds is 5. The van der Waals surface area contributed by atoms with Crippen molar-refractivity contribution >= 4 is 12.4 Å². The van der Waals surface area contributed by atoms with Crippen LogP contribution < -0.4 is 10.5 Å². The number of hydrogen-bond donors (Lipinski definition) is 1. The van der Waals surface area contributed by atoms with Crippen LogP contribution in [-0.2, 0) is 6.42 Å². The number of nitrogens with two attached hydrogens (primary N) is 1. The third kappa shape index (κ3) is 4.58. The van der Waals surface area contributed by atoms with Crippen molar-refractivity contribution in [2.75, 3.05) is 6.54 Å². The highest BCUT2D eigenvalue weighted by molar-refractivity contribution is 5.85. The van der Waals surface area contributed by atoms with Crippen LogP contribution >= 0.6 is 12.4 Å². The summed E-state index contributed by atoms with van der Waals surface area (Å²) >= 11 is 0. The van der Waals surface area contributed by atoms with Crippen molar-refractivity contribution in [1.82, 2.24) is 0 Å². The molecule has 0 aromatic heterocycles. The maximum absolute atomic E-state index is 5.84. The Morgan fingerprint density at radius 3 is 2.32 bits per heavy atom. The van der Waals surface area contributed by atoms with E-state index in [1.807, 2.05) is 31.2 Å². The number of halogens is 1. The van der Waals surface area contributed by atoms with Gasteiger partial charge in [0.15, 0.2) is 0 Å². The van der Waals surface area contributed by atoms with Gasteiger partial charge in [-0.25, -0.2) is 0 Å². The topological polar surface area (TPSA) is 35.2 Å². The van der Waals surface area contributed by atoms with Crippen LogP contribution in [0.5, 0.6) is 5.75 Å². The van der Waals surface area contributed by atoms with Gasteiger partial charge in [0.05, 0.1) is 0 Å². The van der Waals surface area contributed by atoms with E-state index in [9.17, 15) is 0 Å². The van der Waals surface area contributed by atoms with Gasteiger partial charge in [-0.05, 0) is 24.1 Å². The van der Waals surface area contributed by atoms with E-state index in [0.29, 0.717) is 6.54 Å². The average molecular weight is 278 g/mol. The molecule has 0 saturated carbocycles. The van der Waals surface area contributed by atoms with E-state index < -0.39 is 0 Å². The molecule has 19 heavy (non-hydrogen) atoms. The van der Waals surface area contributed by atoms with E-state index >= 15 is 0 Å². The summed E-state index contributed by atoms with van der Waals surface area (Å²) in [6.07, 6.45) is 0.927. The Balaban J connectivity index is 0.00000180. The summed E-state index contributed by atoms with van der Waals surface area (Å²) in [6.45, 7) is 2.51. The van der Waals surface area contributed by atoms with Crippen molar-refractivity contribution in [3.63, 3.8) is 0 Å². The lowest BCUT2D eigenvalue weighted by Gasteiger charge is -2.16. The fourth-order valence-electron chi connectivity index (χ4n) is 1.85. The number of ether oxygens (including phenoxy) is 1. The molecule has 0 aliphatic carbocycles. The Hall–Kier alpha value is -1.51. The smallest absolute Gasteiger partial charge is 0.123 e. The molecule has 0 radical (unpaired) electrons. The SMILES string of the molecule is CC(CN)Oc1ccccc1Cc1ccccc1.Cl. The standard InChI is InChI=1S/C16H19NO.ClH/c1-13(12-17)18-16-10-6-5-9-15(16)11-14-7-3-2-4-8-14;/h2-10,13H,11-12,17H2,1H3;1H. The second-order valence-electron chi connectivity index (χ2n) is 4.43. The normalized spacial score (nSPS) is 11.5. The number of para-hydroxylation sites is 1. The predicted molar refractivity (Wildman–Crippen MR) is 82.1 cm³/mol. The largest absolute Gasteiger partial charge is 0.489 e. The monoisotopic (exact) mass is 277 g/mol. The van der Waals surface area contributed by atoms with Crippen molar-refractivity contribution in [1.29, 1.82) is 0 Å². The van der Waals surface area contributed by atoms with E-state index in [0.717, 1.165) is 12.2 Å². The fourth-order valence-corrected chi connectivity index (χ4v) is 1.85. The minimum Gasteiger partial charge on any atom is -0.489 e. The summed E-state index contributed by atoms with van der Waals surface area (Å²) in [5, 5.41) is 0. The van der Waals surface area contributed by atoms with Gasteiger partial charge in [0, 0.05) is 13.0 Å². The molecule has 0 amide bonds. The van der Waals surface area contributed by atoms with Gasteiger partial charge >= 0.3 is 0 Å². The number of benzene rings is 2. The third-order valence-corrected chi connectivity index (χ3v) is 2.87. The molecule has 0 saturated heterocycles. The molecule has 0 spiro atoms. The van der Waals surface area contributed by atoms with Crippen LogP contribution in [0.1, 0.15) is 18.1 Å². The molecule has 0 fully saturated rings. The highest BCUT2D eigenvalue weighted by atomic mass is 35.5. The van der Waals surface area contributed by atoms with Crippen molar-refractivity contribution in [2.45, 2.75) is 19.4 Å². The summed E-state index contributed by atoms with van der Waals surface area (Å²) in [6, 6.07) is 18.5. The molecule has 2 aromatic rings. The molecular formula is C16H20ClNO. The zero-order chi connectivity index (χ0) is 12.8. The van der Waals surface area contributed by atoms with Crippen molar-refractivity contribution < 1.29 is 4.74 Å². The van der Waals surface area contributed by atoms with E-state index in [1.165, 1.54) is 11.1 Å². The minimum absolute atomic E-state index is 0. The van der Waals surface area contributed by atoms with E-state index in [-0.39, 0.29) is 18.5 Å². The Kier molecular flexibility index (Phi) is 6.40. The minimum atomic E-state index is 0. The van der Waals surface area contributed by atoms with Crippen molar-refractivity contribution in [3.05, 3.63) is 65.7 Å². The zero-order valence-electron chi connectivity index (χ0n) is 11.1. The Morgan fingerprint density at radius 1 is 1.00 bits per heavy atom. The third-order valence-electron chi connectivity index (χ3n) is 2.87. The molecular weight excluding hydrogens is 258 g/mol. The first-order valence-electron chi connectivity index (χ1n) is 6.28. The first-order chi connectivity index (χ1) is 8.79. The van der Waals surface area contributed by atoms with E-state index in [2.05, 4.69) is 30.3 Å². The van der Waals surface area contributed by atoms with Crippen LogP contribution in [0.3, 0.4) is 0 Å². The van der Waals surface area contributed by atoms with Gasteiger partial charge in [-0.15, -0.1) is 12.4 Å². The van der Waals surface area contributed by atoms with Crippen LogP contribution in [0.2, 0.25) is 0 Å². The van der Waals surface area contributed by atoms with Crippen LogP contribution in [0.4, 0.5) is 0 Å². The lowest BCUT2D eigenvalue weighted by molar-refractivity contribution is 0.228. The highest BCUT2D eigenvalue weighted by Gasteiger charge is 2.07. The molecule has 2 N–H and O–H groups in total. The van der Waals surface area contributed by atoms with Gasteiger partial charge < -0.3 is 10.5 Å². The Bertz CT molecular complexity index is 487. The summed E-state index contributed by atoms with van der Waals surface area (Å²) < 4.78 is 5.84. The van der Waals surface area contributed by atoms with Crippen LogP contribution in [0.25, 0.3) is 0 Å². The lowest BCUT2D eigenvalue weighted by atomic mass is 10.0. The predicted octanol–water partition coefficient (Wildman–Crippen LogP) is 3.43. The molecule has 102 valence electrons. The van der Waals surface area contributed by atoms with Crippen molar-refractivity contribution in [3.8, 4) is 5.75 Å². The second kappa shape index (κ2) is 7.82. The van der Waals surface area contributed by atoms with Gasteiger partial charge in [0.25, 0.3) is 0 Å². The summed E-state index contributed by atoms with van der Waals surface area (Å²) in [7, 11) is 0. The van der Waals surface area contributed by atoms with Gasteiger partial charge in [0.1, 0.15) is 11.9 Å². The van der Waals surface area contributed by atoms with Gasteiger partial charge in [-0.1, -0.05) is 48.5 Å². The zero-order valence-corrected chi connectivity index (χ0v) is 11.9. The maximum Gasteiger partial charge on any atom is 0.123 e. The second-order valence-corrected chi connectivity index (χ2v) is 4.43. The van der Waals surface area contributed by atoms with E-state index in [1.54, 1.807) is 0 Å². The molecule has 0 bridgehead atoms. The summed E-state index contributed by atoms with van der Waals surface area (Å²) in [4.78, 5) is 0. The van der Waals surface area contributed by atoms with Crippen LogP contribution in [-0.4, -0.2) is 12.6 Å². The van der Waals surface area contributed by atoms with E-state index in [4.69, 9.17) is 10.5 Å². The molecule has 1 unspecified atom stereocenters. The molecule has 2 rings (SSSR count). The fraction of sp³-hybridized carbons (Fsp3) is 0.250. The van der Waals surface area contributed by atoms with Crippen LogP contribution in [0, 0.1) is 0 Å². The Labute approximate surface area is 121 Å². The Morgan fingerprint density at radius 2 is 1.63 bits per heavy atom. The average Bonchev–Trinajstić information content (AvgIpc) is 2.42. The molecule has 3 heteroatoms. The molecule has 1 atom stereocenters. The first kappa shape index (κ1) is 15.5. The van der Waals surface area contributed by atoms with Gasteiger partial charge in [0.2, 0.25) is 0 Å². The highest BCUT2D eigenvalue weighted by Crippen LogP contribution is 2.22. The van der Waals surface area contributed by atoms with Gasteiger partial charge in [-0.3, -0.25) is 0 Å². The molecule has 0 heterocycles. The van der Waals surface area contributed by atoms with Crippen molar-refractivity contribution in [2.24, 2.45) is 5.73 Å². The molecule has 0 aliphatic heterocycles. The first-order valence-corrected chi connectivity index (χ1v) is 6.28. The molecule has 2 aromatic carbocycles. The summed E-state index contributed by atoms with van der Waals surface area (Å²) in [5.74, 6) is 0.930. The summed E-state index contributed by atoms with van der Waals surface area (Å²) in [5.41, 5.74) is 8.08.